The van der Waals surface area contributed by atoms with Crippen LogP contribution < -0.4 is 0 Å². The fourth-order valence-corrected chi connectivity index (χ4v) is 3.85. The molecule has 1 aliphatic carbocycles. The number of H-pyrrole nitrogens is 1. The van der Waals surface area contributed by atoms with E-state index in [0.717, 1.165) is 33.3 Å². The molecular formula is C24H21NO4. The lowest BCUT2D eigenvalue weighted by atomic mass is 9.86. The molecule has 146 valence electrons. The highest BCUT2D eigenvalue weighted by Crippen LogP contribution is 2.41. The summed E-state index contributed by atoms with van der Waals surface area (Å²) in [5, 5.41) is 1.07. The van der Waals surface area contributed by atoms with E-state index in [2.05, 4.69) is 23.2 Å². The zero-order valence-electron chi connectivity index (χ0n) is 16.3. The fraction of sp³-hybridized carbons (Fsp3) is 0.167. The van der Waals surface area contributed by atoms with Crippen LogP contribution in [0.2, 0.25) is 0 Å². The quantitative estimate of drug-likeness (QED) is 0.662. The molecule has 0 aliphatic heterocycles. The normalized spacial score (nSPS) is 13.9. The number of aromatic amines is 1. The van der Waals surface area contributed by atoms with Gasteiger partial charge in [-0.3, -0.25) is 0 Å². The Morgan fingerprint density at radius 3 is 2.24 bits per heavy atom. The zero-order valence-corrected chi connectivity index (χ0v) is 16.3. The summed E-state index contributed by atoms with van der Waals surface area (Å²) in [4.78, 5) is 28.1. The number of hydrogen-bond acceptors (Lipinski definition) is 4. The Hall–Kier alpha value is -3.60. The summed E-state index contributed by atoms with van der Waals surface area (Å²) < 4.78 is 9.81. The maximum absolute atomic E-state index is 12.4. The smallest absolute Gasteiger partial charge is 0.334 e. The topological polar surface area (TPSA) is 68.4 Å². The van der Waals surface area contributed by atoms with Gasteiger partial charge in [-0.15, -0.1) is 0 Å². The van der Waals surface area contributed by atoms with E-state index >= 15 is 0 Å². The second kappa shape index (κ2) is 7.80. The molecule has 0 amide bonds. The minimum atomic E-state index is -0.503. The molecule has 4 rings (SSSR count). The van der Waals surface area contributed by atoms with Crippen molar-refractivity contribution in [1.82, 2.24) is 4.98 Å². The number of rotatable bonds is 4. The number of para-hydroxylation sites is 1. The third kappa shape index (κ3) is 3.36. The predicted molar refractivity (Wildman–Crippen MR) is 112 cm³/mol. The van der Waals surface area contributed by atoms with E-state index in [1.165, 1.54) is 14.2 Å². The van der Waals surface area contributed by atoms with Gasteiger partial charge in [0.2, 0.25) is 0 Å². The number of esters is 2. The van der Waals surface area contributed by atoms with Crippen molar-refractivity contribution in [3.63, 3.8) is 0 Å². The molecule has 0 bridgehead atoms. The predicted octanol–water partition coefficient (Wildman–Crippen LogP) is 4.65. The van der Waals surface area contributed by atoms with Gasteiger partial charge >= 0.3 is 11.9 Å². The van der Waals surface area contributed by atoms with Crippen LogP contribution in [-0.2, 0) is 19.1 Å². The highest BCUT2D eigenvalue weighted by Gasteiger charge is 2.28. The summed E-state index contributed by atoms with van der Waals surface area (Å²) in [5.41, 5.74) is 5.78. The lowest BCUT2D eigenvalue weighted by Crippen LogP contribution is -2.17. The van der Waals surface area contributed by atoms with Crippen molar-refractivity contribution >= 4 is 28.4 Å². The van der Waals surface area contributed by atoms with Crippen molar-refractivity contribution < 1.29 is 19.1 Å². The molecule has 1 N–H and O–H groups in total. The summed E-state index contributed by atoms with van der Waals surface area (Å²) in [7, 11) is 2.64. The monoisotopic (exact) mass is 387 g/mol. The van der Waals surface area contributed by atoms with Crippen LogP contribution in [0.15, 0.2) is 71.8 Å². The number of nitrogens with one attached hydrogen (secondary N) is 1. The Morgan fingerprint density at radius 1 is 0.862 bits per heavy atom. The first-order valence-corrected chi connectivity index (χ1v) is 9.38. The van der Waals surface area contributed by atoms with Gasteiger partial charge in [-0.1, -0.05) is 54.6 Å². The van der Waals surface area contributed by atoms with Crippen molar-refractivity contribution in [2.45, 2.75) is 12.8 Å². The first-order chi connectivity index (χ1) is 14.1. The summed E-state index contributed by atoms with van der Waals surface area (Å²) >= 11 is 0. The minimum Gasteiger partial charge on any atom is -0.466 e. The molecule has 0 saturated heterocycles. The number of fused-ring (bicyclic) bond motifs is 1. The number of hydrogen-bond donors (Lipinski definition) is 1. The molecule has 0 radical (unpaired) electrons. The Kier molecular flexibility index (Phi) is 5.04. The first-order valence-electron chi connectivity index (χ1n) is 9.38. The van der Waals surface area contributed by atoms with Gasteiger partial charge in [0, 0.05) is 22.9 Å². The average molecular weight is 387 g/mol. The van der Waals surface area contributed by atoms with Gasteiger partial charge in [-0.2, -0.15) is 0 Å². The van der Waals surface area contributed by atoms with Crippen LogP contribution >= 0.6 is 0 Å². The van der Waals surface area contributed by atoms with Crippen molar-refractivity contribution in [1.29, 1.82) is 0 Å². The maximum Gasteiger partial charge on any atom is 0.334 e. The number of aromatic nitrogens is 1. The molecule has 5 heteroatoms. The molecule has 1 aliphatic rings. The number of carbonyl (C=O) groups is 2. The molecule has 1 aromatic heterocycles. The fourth-order valence-electron chi connectivity index (χ4n) is 3.85. The van der Waals surface area contributed by atoms with Crippen LogP contribution in [0.1, 0.15) is 18.4 Å². The van der Waals surface area contributed by atoms with Crippen LogP contribution in [0.25, 0.3) is 27.7 Å². The summed E-state index contributed by atoms with van der Waals surface area (Å²) in [6.07, 6.45) is 2.62. The number of ether oxygens (including phenoxy) is 2. The number of carbonyl (C=O) groups excluding carboxylic acids is 2. The van der Waals surface area contributed by atoms with Gasteiger partial charge in [0.1, 0.15) is 0 Å². The van der Waals surface area contributed by atoms with Gasteiger partial charge in [-0.25, -0.2) is 9.59 Å². The maximum atomic E-state index is 12.4. The standard InChI is InChI=1S/C24H21NO4/c1-28-23(26)17-13-12-16(14-19(17)24(27)29-2)21-18-10-6-7-11-20(18)25-22(21)15-8-4-3-5-9-15/h3-12,25H,13-14H2,1-2H3. The number of benzene rings is 2. The van der Waals surface area contributed by atoms with Crippen LogP contribution in [0.5, 0.6) is 0 Å². The highest BCUT2D eigenvalue weighted by molar-refractivity contribution is 6.06. The molecule has 0 saturated carbocycles. The first kappa shape index (κ1) is 18.7. The Bertz CT molecular complexity index is 1150. The second-order valence-electron chi connectivity index (χ2n) is 6.84. The Morgan fingerprint density at radius 2 is 1.52 bits per heavy atom. The van der Waals surface area contributed by atoms with E-state index in [1.807, 2.05) is 42.5 Å². The lowest BCUT2D eigenvalue weighted by molar-refractivity contribution is -0.139. The highest BCUT2D eigenvalue weighted by atomic mass is 16.5. The van der Waals surface area contributed by atoms with Gasteiger partial charge in [0.25, 0.3) is 0 Å². The van der Waals surface area contributed by atoms with Gasteiger partial charge in [-0.05, 0) is 23.6 Å². The van der Waals surface area contributed by atoms with Gasteiger partial charge < -0.3 is 14.5 Å². The van der Waals surface area contributed by atoms with Gasteiger partial charge in [0.05, 0.1) is 31.1 Å². The van der Waals surface area contributed by atoms with E-state index in [9.17, 15) is 9.59 Å². The largest absolute Gasteiger partial charge is 0.466 e. The SMILES string of the molecule is COC(=O)C1=C(C(=O)OC)CC(c2c(-c3ccccc3)[nH]c3ccccc23)=CC1. The van der Waals surface area contributed by atoms with Crippen LogP contribution in [0.3, 0.4) is 0 Å². The van der Waals surface area contributed by atoms with E-state index in [4.69, 9.17) is 9.47 Å². The molecule has 2 aromatic carbocycles. The molecular weight excluding hydrogens is 366 g/mol. The second-order valence-corrected chi connectivity index (χ2v) is 6.84. The molecule has 0 unspecified atom stereocenters. The Labute approximate surface area is 168 Å². The van der Waals surface area contributed by atoms with Crippen LogP contribution in [0.4, 0.5) is 0 Å². The van der Waals surface area contributed by atoms with Crippen molar-refractivity contribution in [3.05, 3.63) is 77.4 Å². The van der Waals surface area contributed by atoms with E-state index < -0.39 is 11.9 Å². The molecule has 0 fully saturated rings. The van der Waals surface area contributed by atoms with E-state index in [0.29, 0.717) is 24.0 Å². The summed E-state index contributed by atoms with van der Waals surface area (Å²) in [5.74, 6) is -1.000. The molecule has 5 nitrogen and oxygen atoms in total. The third-order valence-electron chi connectivity index (χ3n) is 5.24. The molecule has 29 heavy (non-hydrogen) atoms. The summed E-state index contributed by atoms with van der Waals surface area (Å²) in [6, 6.07) is 18.1. The average Bonchev–Trinajstić information content (AvgIpc) is 3.18. The van der Waals surface area contributed by atoms with Crippen molar-refractivity contribution in [2.24, 2.45) is 0 Å². The van der Waals surface area contributed by atoms with Gasteiger partial charge in [0.15, 0.2) is 0 Å². The Balaban J connectivity index is 1.86. The zero-order chi connectivity index (χ0) is 20.4. The summed E-state index contributed by atoms with van der Waals surface area (Å²) in [6.45, 7) is 0. The van der Waals surface area contributed by atoms with Crippen LogP contribution in [-0.4, -0.2) is 31.1 Å². The van der Waals surface area contributed by atoms with E-state index in [-0.39, 0.29) is 0 Å². The molecule has 1 heterocycles. The third-order valence-corrected chi connectivity index (χ3v) is 5.24. The molecule has 0 spiro atoms. The number of methoxy groups -OCH3 is 2. The van der Waals surface area contributed by atoms with Crippen molar-refractivity contribution in [3.8, 4) is 11.3 Å². The lowest BCUT2D eigenvalue weighted by Gasteiger charge is -2.19. The van der Waals surface area contributed by atoms with Crippen LogP contribution in [0, 0.1) is 0 Å². The molecule has 3 aromatic rings. The minimum absolute atomic E-state index is 0.304. The number of allylic oxidation sites excluding steroid dienone is 2. The molecule has 0 atom stereocenters. The van der Waals surface area contributed by atoms with Crippen molar-refractivity contribution in [2.75, 3.05) is 14.2 Å². The van der Waals surface area contributed by atoms with E-state index in [1.54, 1.807) is 0 Å².